The van der Waals surface area contributed by atoms with E-state index in [1.54, 1.807) is 13.8 Å². The van der Waals surface area contributed by atoms with Gasteiger partial charge in [-0.3, -0.25) is 4.79 Å². The molecule has 0 aliphatic carbocycles. The molecule has 0 aliphatic rings. The number of carboxylic acids is 1. The molecule has 1 aromatic heterocycles. The van der Waals surface area contributed by atoms with Crippen LogP contribution in [0.15, 0.2) is 4.42 Å². The van der Waals surface area contributed by atoms with Crippen LogP contribution in [0.5, 0.6) is 0 Å². The first kappa shape index (κ1) is 10.5. The molecule has 1 rings (SSSR count). The summed E-state index contributed by atoms with van der Waals surface area (Å²) < 4.78 is 5.06. The van der Waals surface area contributed by atoms with Gasteiger partial charge in [0, 0.05) is 17.5 Å². The van der Waals surface area contributed by atoms with Gasteiger partial charge in [0.25, 0.3) is 0 Å². The molecule has 0 amide bonds. The van der Waals surface area contributed by atoms with Crippen LogP contribution in [0.2, 0.25) is 0 Å². The van der Waals surface area contributed by atoms with E-state index in [4.69, 9.17) is 9.52 Å². The van der Waals surface area contributed by atoms with Crippen molar-refractivity contribution in [2.24, 2.45) is 0 Å². The van der Waals surface area contributed by atoms with Crippen molar-refractivity contribution < 1.29 is 19.1 Å². The Bertz CT molecular complexity index is 387. The van der Waals surface area contributed by atoms with E-state index in [2.05, 4.69) is 0 Å². The summed E-state index contributed by atoms with van der Waals surface area (Å²) in [5.74, 6) is -0.664. The number of furan rings is 1. The number of carboxylic acid groups (broad SMARTS) is 1. The molecule has 0 spiro atoms. The summed E-state index contributed by atoms with van der Waals surface area (Å²) in [6.45, 7) is 4.78. The van der Waals surface area contributed by atoms with Crippen molar-refractivity contribution >= 4 is 11.8 Å². The van der Waals surface area contributed by atoms with Crippen LogP contribution in [0.3, 0.4) is 0 Å². The Kier molecular flexibility index (Phi) is 2.74. The van der Waals surface area contributed by atoms with Gasteiger partial charge >= 0.3 is 5.97 Å². The average molecular weight is 196 g/mol. The minimum Gasteiger partial charge on any atom is -0.475 e. The fourth-order valence-corrected chi connectivity index (χ4v) is 1.40. The second-order valence-electron chi connectivity index (χ2n) is 3.27. The largest absolute Gasteiger partial charge is 0.475 e. The number of hydrogen-bond donors (Lipinski definition) is 1. The number of rotatable bonds is 3. The third-order valence-electron chi connectivity index (χ3n) is 2.09. The zero-order valence-corrected chi connectivity index (χ0v) is 8.38. The van der Waals surface area contributed by atoms with Crippen molar-refractivity contribution in [3.05, 3.63) is 22.6 Å². The molecule has 0 aromatic carbocycles. The first-order chi connectivity index (χ1) is 6.43. The van der Waals surface area contributed by atoms with E-state index in [0.29, 0.717) is 16.9 Å². The highest BCUT2D eigenvalue weighted by molar-refractivity contribution is 5.88. The maximum atomic E-state index is 10.9. The summed E-state index contributed by atoms with van der Waals surface area (Å²) in [7, 11) is 0. The van der Waals surface area contributed by atoms with Crippen molar-refractivity contribution in [2.75, 3.05) is 0 Å². The quantitative estimate of drug-likeness (QED) is 0.799. The fraction of sp³-hybridized carbons (Fsp3) is 0.400. The topological polar surface area (TPSA) is 67.5 Å². The fourth-order valence-electron chi connectivity index (χ4n) is 1.40. The summed E-state index contributed by atoms with van der Waals surface area (Å²) in [5.41, 5.74) is 1.24. The maximum absolute atomic E-state index is 10.9. The van der Waals surface area contributed by atoms with Crippen LogP contribution < -0.4 is 0 Å². The molecule has 0 saturated carbocycles. The second-order valence-corrected chi connectivity index (χ2v) is 3.27. The monoisotopic (exact) mass is 196 g/mol. The minimum absolute atomic E-state index is 0.00561. The van der Waals surface area contributed by atoms with Gasteiger partial charge in [-0.2, -0.15) is 0 Å². The van der Waals surface area contributed by atoms with E-state index in [9.17, 15) is 9.59 Å². The first-order valence-electron chi connectivity index (χ1n) is 4.25. The summed E-state index contributed by atoms with van der Waals surface area (Å²) in [6, 6.07) is 0. The molecule has 0 radical (unpaired) electrons. The van der Waals surface area contributed by atoms with Gasteiger partial charge in [-0.25, -0.2) is 4.79 Å². The van der Waals surface area contributed by atoms with Crippen molar-refractivity contribution in [3.8, 4) is 0 Å². The highest BCUT2D eigenvalue weighted by atomic mass is 16.4. The first-order valence-corrected chi connectivity index (χ1v) is 4.25. The standard InChI is InChI=1S/C10H12O4/c1-5(11)4-8-6(2)9(10(12)13)14-7(8)3/h4H2,1-3H3,(H,12,13). The Morgan fingerprint density at radius 1 is 1.36 bits per heavy atom. The molecule has 0 aliphatic heterocycles. The Balaban J connectivity index is 3.17. The van der Waals surface area contributed by atoms with Gasteiger partial charge in [0.1, 0.15) is 11.5 Å². The molecule has 1 aromatic rings. The molecule has 0 bridgehead atoms. The lowest BCUT2D eigenvalue weighted by atomic mass is 10.1. The number of ketones is 1. The second kappa shape index (κ2) is 3.65. The number of aryl methyl sites for hydroxylation is 1. The third kappa shape index (κ3) is 1.84. The lowest BCUT2D eigenvalue weighted by Gasteiger charge is -1.95. The average Bonchev–Trinajstić information content (AvgIpc) is 2.31. The van der Waals surface area contributed by atoms with Gasteiger partial charge in [-0.1, -0.05) is 0 Å². The zero-order valence-electron chi connectivity index (χ0n) is 8.38. The van der Waals surface area contributed by atoms with E-state index >= 15 is 0 Å². The minimum atomic E-state index is -1.10. The Hall–Kier alpha value is -1.58. The third-order valence-corrected chi connectivity index (χ3v) is 2.09. The molecule has 4 nitrogen and oxygen atoms in total. The van der Waals surface area contributed by atoms with Crippen LogP contribution in [0.1, 0.15) is 34.4 Å². The van der Waals surface area contributed by atoms with E-state index in [1.165, 1.54) is 6.92 Å². The van der Waals surface area contributed by atoms with Crippen LogP contribution in [-0.2, 0) is 11.2 Å². The summed E-state index contributed by atoms with van der Waals surface area (Å²) >= 11 is 0. The van der Waals surface area contributed by atoms with Crippen LogP contribution in [0, 0.1) is 13.8 Å². The molecule has 76 valence electrons. The van der Waals surface area contributed by atoms with Gasteiger partial charge in [0.15, 0.2) is 0 Å². The Morgan fingerprint density at radius 2 is 1.93 bits per heavy atom. The van der Waals surface area contributed by atoms with E-state index in [1.807, 2.05) is 0 Å². The van der Waals surface area contributed by atoms with Crippen molar-refractivity contribution in [1.82, 2.24) is 0 Å². The van der Waals surface area contributed by atoms with Crippen molar-refractivity contribution in [1.29, 1.82) is 0 Å². The molecule has 14 heavy (non-hydrogen) atoms. The molecule has 0 unspecified atom stereocenters. The predicted molar refractivity (Wildman–Crippen MR) is 49.5 cm³/mol. The summed E-state index contributed by atoms with van der Waals surface area (Å²) in [5, 5.41) is 8.76. The SMILES string of the molecule is CC(=O)Cc1c(C)oc(C(=O)O)c1C. The van der Waals surface area contributed by atoms with Gasteiger partial charge in [0.05, 0.1) is 0 Å². The predicted octanol–water partition coefficient (Wildman–Crippen LogP) is 1.73. The van der Waals surface area contributed by atoms with Crippen molar-refractivity contribution in [2.45, 2.75) is 27.2 Å². The summed E-state index contributed by atoms with van der Waals surface area (Å²) in [6.07, 6.45) is 0.231. The van der Waals surface area contributed by atoms with Gasteiger partial charge < -0.3 is 9.52 Å². The highest BCUT2D eigenvalue weighted by Crippen LogP contribution is 2.22. The number of hydrogen-bond acceptors (Lipinski definition) is 3. The highest BCUT2D eigenvalue weighted by Gasteiger charge is 2.19. The van der Waals surface area contributed by atoms with Crippen LogP contribution in [0.4, 0.5) is 0 Å². The smallest absolute Gasteiger partial charge is 0.372 e. The molecular weight excluding hydrogens is 184 g/mol. The zero-order chi connectivity index (χ0) is 10.9. The molecule has 4 heteroatoms. The number of carbonyl (C=O) groups excluding carboxylic acids is 1. The van der Waals surface area contributed by atoms with Gasteiger partial charge in [-0.15, -0.1) is 0 Å². The molecule has 1 heterocycles. The Labute approximate surface area is 81.5 Å². The van der Waals surface area contributed by atoms with Crippen LogP contribution in [0.25, 0.3) is 0 Å². The normalized spacial score (nSPS) is 10.2. The van der Waals surface area contributed by atoms with Crippen LogP contribution in [-0.4, -0.2) is 16.9 Å². The van der Waals surface area contributed by atoms with Gasteiger partial charge in [0.2, 0.25) is 5.76 Å². The molecule has 0 saturated heterocycles. The number of carbonyl (C=O) groups is 2. The van der Waals surface area contributed by atoms with Crippen LogP contribution >= 0.6 is 0 Å². The van der Waals surface area contributed by atoms with E-state index in [-0.39, 0.29) is 18.0 Å². The van der Waals surface area contributed by atoms with Crippen molar-refractivity contribution in [3.63, 3.8) is 0 Å². The molecule has 1 N–H and O–H groups in total. The number of aromatic carboxylic acids is 1. The molecule has 0 fully saturated rings. The van der Waals surface area contributed by atoms with E-state index < -0.39 is 5.97 Å². The van der Waals surface area contributed by atoms with E-state index in [0.717, 1.165) is 0 Å². The lowest BCUT2D eigenvalue weighted by molar-refractivity contribution is -0.116. The maximum Gasteiger partial charge on any atom is 0.372 e. The Morgan fingerprint density at radius 3 is 2.29 bits per heavy atom. The van der Waals surface area contributed by atoms with Gasteiger partial charge in [-0.05, 0) is 20.8 Å². The lowest BCUT2D eigenvalue weighted by Crippen LogP contribution is -2.00. The molecular formula is C10H12O4. The molecule has 0 atom stereocenters. The number of Topliss-reactive ketones (excluding diaryl/α,β-unsaturated/α-hetero) is 1. The summed E-state index contributed by atoms with van der Waals surface area (Å²) in [4.78, 5) is 21.6.